The number of alkyl halides is 2. The number of anilines is 1. The highest BCUT2D eigenvalue weighted by Crippen LogP contribution is 2.31. The molecule has 0 unspecified atom stereocenters. The van der Waals surface area contributed by atoms with Crippen molar-refractivity contribution in [2.75, 3.05) is 18.0 Å². The zero-order valence-electron chi connectivity index (χ0n) is 7.54. The number of rotatable bonds is 1. The maximum Gasteiger partial charge on any atom is 0.282 e. The average molecular weight is 230 g/mol. The van der Waals surface area contributed by atoms with E-state index < -0.39 is 5.92 Å². The van der Waals surface area contributed by atoms with E-state index in [0.717, 1.165) is 0 Å². The Morgan fingerprint density at radius 1 is 1.47 bits per heavy atom. The lowest BCUT2D eigenvalue weighted by molar-refractivity contribution is -0.0266. The lowest BCUT2D eigenvalue weighted by atomic mass is 10.1. The van der Waals surface area contributed by atoms with Crippen molar-refractivity contribution in [3.8, 4) is 6.07 Å². The van der Waals surface area contributed by atoms with Gasteiger partial charge < -0.3 is 4.90 Å². The molecular formula is C9H6ClF2N3. The van der Waals surface area contributed by atoms with Crippen LogP contribution in [0.3, 0.4) is 0 Å². The molecule has 15 heavy (non-hydrogen) atoms. The molecule has 1 aliphatic rings. The van der Waals surface area contributed by atoms with E-state index in [1.54, 1.807) is 0 Å². The summed E-state index contributed by atoms with van der Waals surface area (Å²) < 4.78 is 25.1. The molecule has 1 fully saturated rings. The smallest absolute Gasteiger partial charge is 0.282 e. The van der Waals surface area contributed by atoms with Crippen LogP contribution in [0.5, 0.6) is 0 Å². The summed E-state index contributed by atoms with van der Waals surface area (Å²) in [6, 6.07) is 4.84. The van der Waals surface area contributed by atoms with E-state index >= 15 is 0 Å². The molecule has 1 saturated heterocycles. The van der Waals surface area contributed by atoms with Crippen LogP contribution in [0.15, 0.2) is 12.1 Å². The Hall–Kier alpha value is -1.41. The molecule has 0 aliphatic carbocycles. The Labute approximate surface area is 89.9 Å². The highest BCUT2D eigenvalue weighted by Gasteiger charge is 2.44. The van der Waals surface area contributed by atoms with Crippen molar-refractivity contribution in [2.45, 2.75) is 5.92 Å². The minimum Gasteiger partial charge on any atom is -0.344 e. The Morgan fingerprint density at radius 2 is 2.13 bits per heavy atom. The lowest BCUT2D eigenvalue weighted by Gasteiger charge is -2.39. The van der Waals surface area contributed by atoms with Gasteiger partial charge in [0.15, 0.2) is 0 Å². The van der Waals surface area contributed by atoms with Crippen molar-refractivity contribution < 1.29 is 8.78 Å². The number of hydrogen-bond acceptors (Lipinski definition) is 3. The van der Waals surface area contributed by atoms with Gasteiger partial charge in [-0.3, -0.25) is 0 Å². The van der Waals surface area contributed by atoms with E-state index in [9.17, 15) is 8.78 Å². The molecule has 0 aromatic carbocycles. The molecule has 0 radical (unpaired) electrons. The number of halogens is 3. The molecule has 1 aromatic heterocycles. The summed E-state index contributed by atoms with van der Waals surface area (Å²) in [7, 11) is 0. The Morgan fingerprint density at radius 3 is 2.60 bits per heavy atom. The minimum absolute atomic E-state index is 0.0465. The molecular weight excluding hydrogens is 224 g/mol. The van der Waals surface area contributed by atoms with Gasteiger partial charge in [0.2, 0.25) is 0 Å². The van der Waals surface area contributed by atoms with Crippen LogP contribution in [0.25, 0.3) is 0 Å². The van der Waals surface area contributed by atoms with Crippen molar-refractivity contribution in [1.29, 1.82) is 5.26 Å². The predicted molar refractivity (Wildman–Crippen MR) is 51.1 cm³/mol. The van der Waals surface area contributed by atoms with Crippen LogP contribution in [0.2, 0.25) is 5.15 Å². The van der Waals surface area contributed by atoms with Crippen molar-refractivity contribution in [3.05, 3.63) is 22.8 Å². The summed E-state index contributed by atoms with van der Waals surface area (Å²) in [6.45, 7) is -0.690. The van der Waals surface area contributed by atoms with Gasteiger partial charge in [-0.25, -0.2) is 13.8 Å². The Balaban J connectivity index is 2.19. The first-order chi connectivity index (χ1) is 7.02. The average Bonchev–Trinajstić information content (AvgIpc) is 2.14. The molecule has 0 saturated carbocycles. The number of pyridine rings is 1. The van der Waals surface area contributed by atoms with Crippen molar-refractivity contribution in [3.63, 3.8) is 0 Å². The fraction of sp³-hybridized carbons (Fsp3) is 0.333. The SMILES string of the molecule is N#Cc1ccc(N2CC(F)(F)C2)nc1Cl. The van der Waals surface area contributed by atoms with Crippen LogP contribution in [0.4, 0.5) is 14.6 Å². The minimum atomic E-state index is -2.64. The van der Waals surface area contributed by atoms with Gasteiger partial charge in [0.25, 0.3) is 5.92 Å². The van der Waals surface area contributed by atoms with E-state index in [-0.39, 0.29) is 23.8 Å². The number of hydrogen-bond donors (Lipinski definition) is 0. The number of aromatic nitrogens is 1. The highest BCUT2D eigenvalue weighted by molar-refractivity contribution is 6.30. The highest BCUT2D eigenvalue weighted by atomic mass is 35.5. The summed E-state index contributed by atoms with van der Waals surface area (Å²) in [5, 5.41) is 8.64. The normalized spacial score (nSPS) is 18.1. The first-order valence-electron chi connectivity index (χ1n) is 4.21. The second kappa shape index (κ2) is 3.31. The van der Waals surface area contributed by atoms with Crippen LogP contribution in [0.1, 0.15) is 5.56 Å². The van der Waals surface area contributed by atoms with Crippen molar-refractivity contribution in [1.82, 2.24) is 4.98 Å². The van der Waals surface area contributed by atoms with Gasteiger partial charge in [0, 0.05) is 0 Å². The van der Waals surface area contributed by atoms with Crippen LogP contribution in [-0.2, 0) is 0 Å². The van der Waals surface area contributed by atoms with Gasteiger partial charge in [0.05, 0.1) is 18.7 Å². The van der Waals surface area contributed by atoms with E-state index in [2.05, 4.69) is 4.98 Å². The molecule has 2 heterocycles. The molecule has 0 amide bonds. The van der Waals surface area contributed by atoms with E-state index in [0.29, 0.717) is 5.82 Å². The summed E-state index contributed by atoms with van der Waals surface area (Å²) in [6.07, 6.45) is 0. The van der Waals surface area contributed by atoms with Gasteiger partial charge >= 0.3 is 0 Å². The van der Waals surface area contributed by atoms with Gasteiger partial charge in [-0.15, -0.1) is 0 Å². The molecule has 6 heteroatoms. The second-order valence-corrected chi connectivity index (χ2v) is 3.69. The van der Waals surface area contributed by atoms with Crippen LogP contribution in [-0.4, -0.2) is 24.0 Å². The molecule has 1 aliphatic heterocycles. The first kappa shape index (κ1) is 10.1. The molecule has 0 bridgehead atoms. The molecule has 0 spiro atoms. The third-order valence-electron chi connectivity index (χ3n) is 2.12. The maximum atomic E-state index is 12.6. The van der Waals surface area contributed by atoms with Crippen molar-refractivity contribution in [2.24, 2.45) is 0 Å². The summed E-state index contributed by atoms with van der Waals surface area (Å²) in [4.78, 5) is 5.28. The number of nitriles is 1. The summed E-state index contributed by atoms with van der Waals surface area (Å²) in [5.74, 6) is -2.26. The first-order valence-corrected chi connectivity index (χ1v) is 4.59. The molecule has 78 valence electrons. The van der Waals surface area contributed by atoms with Crippen LogP contribution < -0.4 is 4.90 Å². The number of nitrogens with zero attached hydrogens (tertiary/aromatic N) is 3. The van der Waals surface area contributed by atoms with Gasteiger partial charge in [-0.05, 0) is 12.1 Å². The molecule has 2 rings (SSSR count). The van der Waals surface area contributed by atoms with E-state index in [4.69, 9.17) is 16.9 Å². The maximum absolute atomic E-state index is 12.6. The third kappa shape index (κ3) is 1.85. The van der Waals surface area contributed by atoms with Gasteiger partial charge in [0.1, 0.15) is 17.0 Å². The topological polar surface area (TPSA) is 39.9 Å². The van der Waals surface area contributed by atoms with Gasteiger partial charge in [-0.2, -0.15) is 5.26 Å². The summed E-state index contributed by atoms with van der Waals surface area (Å²) in [5.41, 5.74) is 0.243. The molecule has 1 aromatic rings. The van der Waals surface area contributed by atoms with Crippen molar-refractivity contribution >= 4 is 17.4 Å². The third-order valence-corrected chi connectivity index (χ3v) is 2.41. The van der Waals surface area contributed by atoms with E-state index in [1.165, 1.54) is 17.0 Å². The standard InChI is InChI=1S/C9H6ClF2N3/c10-8-6(3-13)1-2-7(14-8)15-4-9(11,12)5-15/h1-2H,4-5H2. The second-order valence-electron chi connectivity index (χ2n) is 3.33. The largest absolute Gasteiger partial charge is 0.344 e. The molecule has 0 atom stereocenters. The van der Waals surface area contributed by atoms with Crippen LogP contribution >= 0.6 is 11.6 Å². The fourth-order valence-corrected chi connectivity index (χ4v) is 1.55. The lowest BCUT2D eigenvalue weighted by Crippen LogP contribution is -2.56. The monoisotopic (exact) mass is 229 g/mol. The Bertz CT molecular complexity index is 433. The Kier molecular flexibility index (Phi) is 2.24. The van der Waals surface area contributed by atoms with E-state index in [1.807, 2.05) is 6.07 Å². The van der Waals surface area contributed by atoms with Gasteiger partial charge in [-0.1, -0.05) is 11.6 Å². The molecule has 3 nitrogen and oxygen atoms in total. The zero-order valence-corrected chi connectivity index (χ0v) is 8.30. The fourth-order valence-electron chi connectivity index (χ4n) is 1.36. The quantitative estimate of drug-likeness (QED) is 0.692. The zero-order chi connectivity index (χ0) is 11.1. The predicted octanol–water partition coefficient (Wildman–Crippen LogP) is 2.06. The van der Waals surface area contributed by atoms with Crippen LogP contribution in [0, 0.1) is 11.3 Å². The summed E-state index contributed by atoms with van der Waals surface area (Å²) >= 11 is 5.68. The molecule has 0 N–H and O–H groups in total.